The molecule has 1 aliphatic heterocycles. The zero-order chi connectivity index (χ0) is 27.9. The van der Waals surface area contributed by atoms with Gasteiger partial charge in [0.05, 0.1) is 23.7 Å². The molecule has 2 aromatic carbocycles. The number of para-hydroxylation sites is 2. The lowest BCUT2D eigenvalue weighted by molar-refractivity contribution is -0.642. The summed E-state index contributed by atoms with van der Waals surface area (Å²) >= 11 is 4.67. The molecule has 9 nitrogen and oxygen atoms in total. The number of aryl methyl sites for hydroxylation is 1. The molecule has 1 aliphatic rings. The number of rotatable bonds is 2. The van der Waals surface area contributed by atoms with E-state index in [1.165, 1.54) is 16.0 Å². The van der Waals surface area contributed by atoms with E-state index in [0.717, 1.165) is 38.6 Å². The molecule has 198 valence electrons. The van der Waals surface area contributed by atoms with Crippen LogP contribution in [-0.4, -0.2) is 31.5 Å². The highest BCUT2D eigenvalue weighted by Gasteiger charge is 2.25. The highest BCUT2D eigenvalue weighted by Crippen LogP contribution is 2.45. The number of fused-ring (bicyclic) bond motifs is 3. The average molecular weight is 597 g/mol. The van der Waals surface area contributed by atoms with Crippen LogP contribution in [-0.2, 0) is 21.6 Å². The van der Waals surface area contributed by atoms with Gasteiger partial charge in [0.15, 0.2) is 0 Å². The maximum atomic E-state index is 13.7. The summed E-state index contributed by atoms with van der Waals surface area (Å²) < 4.78 is 36.7. The van der Waals surface area contributed by atoms with E-state index >= 15 is 0 Å². The number of hydrogen-bond acceptors (Lipinski definition) is 10. The maximum absolute atomic E-state index is 13.7. The number of nitrogens with zero attached hydrogens (tertiary/aromatic N) is 4. The molecule has 0 atom stereocenters. The first-order chi connectivity index (χ1) is 18.6. The number of thioether (sulfide) groups is 1. The van der Waals surface area contributed by atoms with E-state index in [0.29, 0.717) is 14.9 Å². The van der Waals surface area contributed by atoms with E-state index < -0.39 is 10.4 Å². The van der Waals surface area contributed by atoms with Crippen molar-refractivity contribution in [2.45, 2.75) is 4.90 Å². The van der Waals surface area contributed by atoms with Crippen LogP contribution < -0.4 is 24.9 Å². The number of nitriles is 1. The zero-order valence-corrected chi connectivity index (χ0v) is 24.1. The predicted octanol–water partition coefficient (Wildman–Crippen LogP) is 2.50. The van der Waals surface area contributed by atoms with E-state index in [-0.39, 0.29) is 5.56 Å². The number of thiazole rings is 2. The quantitative estimate of drug-likeness (QED) is 0.173. The first-order valence-electron chi connectivity index (χ1n) is 11.3. The third-order valence-electron chi connectivity index (χ3n) is 6.01. The summed E-state index contributed by atoms with van der Waals surface area (Å²) in [6, 6.07) is 22.3. The smallest absolute Gasteiger partial charge is 0.276 e. The van der Waals surface area contributed by atoms with Crippen molar-refractivity contribution in [3.63, 3.8) is 0 Å². The lowest BCUT2D eigenvalue weighted by Gasteiger charge is -2.11. The van der Waals surface area contributed by atoms with Gasteiger partial charge in [-0.25, -0.2) is 8.42 Å². The molecule has 5 aromatic rings. The predicted molar refractivity (Wildman–Crippen MR) is 153 cm³/mol. The highest BCUT2D eigenvalue weighted by atomic mass is 32.3. The molecule has 3 aromatic heterocycles. The molecule has 13 heteroatoms. The summed E-state index contributed by atoms with van der Waals surface area (Å²) in [7, 11) is 0.412. The summed E-state index contributed by atoms with van der Waals surface area (Å²) in [5, 5.41) is 12.4. The largest absolute Gasteiger partial charge is 0.726 e. The fourth-order valence-corrected chi connectivity index (χ4v) is 7.64. The number of aromatic nitrogens is 2. The Hall–Kier alpha value is -3.51. The Morgan fingerprint density at radius 1 is 1.08 bits per heavy atom. The molecular formula is C26H20N4O5S4. The number of benzene rings is 2. The van der Waals surface area contributed by atoms with Crippen LogP contribution >= 0.6 is 34.4 Å². The molecule has 0 bridgehead atoms. The van der Waals surface area contributed by atoms with Crippen molar-refractivity contribution in [2.24, 2.45) is 7.05 Å². The standard InChI is InChI=1S/C25H17N4OS3.CH4O4S/c1-27-17-7-3-5-9-19(17)31-21(27)13-16-12-11-15(14-26)24-29(16)23(30)22(33-24)25-28(2)18-8-4-6-10-20(18)32-25;1-5-6(2,3)4/h3-13H,1-2H3;1H3,(H,2,3,4)/q+1;/p-1/b25-22+;. The summed E-state index contributed by atoms with van der Waals surface area (Å²) in [4.78, 5) is 17.6. The Balaban J connectivity index is 0.000000465. The van der Waals surface area contributed by atoms with Gasteiger partial charge in [0.25, 0.3) is 10.6 Å². The van der Waals surface area contributed by atoms with Crippen molar-refractivity contribution in [1.82, 2.24) is 4.40 Å². The second-order valence-corrected chi connectivity index (χ2v) is 12.5. The van der Waals surface area contributed by atoms with Gasteiger partial charge in [-0.3, -0.25) is 13.4 Å². The molecule has 0 amide bonds. The first kappa shape index (κ1) is 27.1. The van der Waals surface area contributed by atoms with Gasteiger partial charge in [-0.1, -0.05) is 47.4 Å². The molecule has 6 rings (SSSR count). The van der Waals surface area contributed by atoms with Crippen LogP contribution in [0.3, 0.4) is 0 Å². The van der Waals surface area contributed by atoms with Crippen molar-refractivity contribution >= 4 is 76.7 Å². The lowest BCUT2D eigenvalue weighted by atomic mass is 10.3. The third kappa shape index (κ3) is 5.10. The Labute approximate surface area is 235 Å². The van der Waals surface area contributed by atoms with Crippen LogP contribution in [0.25, 0.3) is 26.2 Å². The molecule has 0 spiro atoms. The third-order valence-corrected chi connectivity index (χ3v) is 10.1. The van der Waals surface area contributed by atoms with E-state index in [2.05, 4.69) is 44.0 Å². The summed E-state index contributed by atoms with van der Waals surface area (Å²) in [5.41, 5.74) is 2.65. The number of pyridine rings is 1. The van der Waals surface area contributed by atoms with E-state index in [1.807, 2.05) is 50.5 Å². The van der Waals surface area contributed by atoms with Crippen LogP contribution in [0.2, 0.25) is 0 Å². The van der Waals surface area contributed by atoms with Gasteiger partial charge in [0.2, 0.25) is 15.9 Å². The molecule has 0 saturated heterocycles. The van der Waals surface area contributed by atoms with Crippen molar-refractivity contribution in [3.8, 4) is 6.07 Å². The van der Waals surface area contributed by atoms with Gasteiger partial charge < -0.3 is 9.45 Å². The fourth-order valence-electron chi connectivity index (χ4n) is 4.11. The minimum atomic E-state index is -4.41. The van der Waals surface area contributed by atoms with E-state index in [1.54, 1.807) is 33.6 Å². The topological polar surface area (TPSA) is 119 Å². The van der Waals surface area contributed by atoms with Crippen molar-refractivity contribution in [2.75, 3.05) is 19.1 Å². The van der Waals surface area contributed by atoms with Crippen LogP contribution in [0.4, 0.5) is 5.69 Å². The molecule has 0 saturated carbocycles. The Kier molecular flexibility index (Phi) is 7.34. The van der Waals surface area contributed by atoms with E-state index in [9.17, 15) is 23.0 Å². The van der Waals surface area contributed by atoms with Gasteiger partial charge in [0.1, 0.15) is 32.2 Å². The molecule has 0 aliphatic carbocycles. The Morgan fingerprint density at radius 2 is 1.77 bits per heavy atom. The van der Waals surface area contributed by atoms with Crippen molar-refractivity contribution < 1.29 is 21.7 Å². The number of anilines is 1. The Bertz CT molecular complexity index is 2090. The van der Waals surface area contributed by atoms with Gasteiger partial charge in [-0.05, 0) is 30.3 Å². The molecule has 0 N–H and O–H groups in total. The van der Waals surface area contributed by atoms with Crippen molar-refractivity contribution in [3.05, 3.63) is 91.5 Å². The summed E-state index contributed by atoms with van der Waals surface area (Å²) in [6.07, 6.45) is 2.03. The molecule has 0 fully saturated rings. The van der Waals surface area contributed by atoms with Gasteiger partial charge >= 0.3 is 0 Å². The minimum absolute atomic E-state index is 0.0933. The van der Waals surface area contributed by atoms with Crippen LogP contribution in [0.1, 0.15) is 10.6 Å². The second-order valence-electron chi connectivity index (χ2n) is 8.28. The SMILES string of the molecule is CN1/C(=c2\sc3c(C#N)cc/c(=C\c4sc5ccccc5[n+]4C)n3c2=O)Sc2ccccc21.COS(=O)(=O)[O-]. The minimum Gasteiger partial charge on any atom is -0.726 e. The molecule has 39 heavy (non-hydrogen) atoms. The molecule has 0 unspecified atom stereocenters. The summed E-state index contributed by atoms with van der Waals surface area (Å²) in [5.74, 6) is 0. The second kappa shape index (κ2) is 10.6. The molecular weight excluding hydrogens is 577 g/mol. The van der Waals surface area contributed by atoms with Crippen LogP contribution in [0, 0.1) is 11.3 Å². The maximum Gasteiger partial charge on any atom is 0.276 e. The average Bonchev–Trinajstić information content (AvgIpc) is 3.56. The van der Waals surface area contributed by atoms with E-state index in [4.69, 9.17) is 0 Å². The first-order valence-corrected chi connectivity index (χ1v) is 15.1. The van der Waals surface area contributed by atoms with Crippen LogP contribution in [0.5, 0.6) is 0 Å². The van der Waals surface area contributed by atoms with Gasteiger partial charge in [-0.2, -0.15) is 9.83 Å². The van der Waals surface area contributed by atoms with Crippen LogP contribution in [0.15, 0.2) is 70.4 Å². The monoisotopic (exact) mass is 596 g/mol. The van der Waals surface area contributed by atoms with Gasteiger partial charge in [0, 0.05) is 24.1 Å². The summed E-state index contributed by atoms with van der Waals surface area (Å²) in [6.45, 7) is 0. The highest BCUT2D eigenvalue weighted by molar-refractivity contribution is 8.08. The molecule has 0 radical (unpaired) electrons. The van der Waals surface area contributed by atoms with Crippen molar-refractivity contribution in [1.29, 1.82) is 5.26 Å². The zero-order valence-electron chi connectivity index (χ0n) is 20.8. The number of hydrogen-bond donors (Lipinski definition) is 0. The normalized spacial score (nSPS) is 14.8. The molecule has 4 heterocycles. The Morgan fingerprint density at radius 3 is 2.44 bits per heavy atom. The lowest BCUT2D eigenvalue weighted by Crippen LogP contribution is -2.35. The fraction of sp³-hybridized carbons (Fsp3) is 0.115. The van der Waals surface area contributed by atoms with Gasteiger partial charge in [-0.15, -0.1) is 11.3 Å².